The maximum absolute atomic E-state index is 8.74. The van der Waals surface area contributed by atoms with Crippen LogP contribution in [0.2, 0.25) is 0 Å². The second kappa shape index (κ2) is 10.3. The van der Waals surface area contributed by atoms with E-state index in [0.717, 1.165) is 0 Å². The second-order valence-electron chi connectivity index (χ2n) is 2.73. The lowest BCUT2D eigenvalue weighted by Crippen LogP contribution is -2.29. The van der Waals surface area contributed by atoms with Gasteiger partial charge in [0.2, 0.25) is 5.96 Å². The molecule has 0 spiro atoms. The molecule has 1 aromatic rings. The lowest BCUT2D eigenvalue weighted by molar-refractivity contribution is 0.232. The first-order valence-corrected chi connectivity index (χ1v) is 5.75. The van der Waals surface area contributed by atoms with Gasteiger partial charge >= 0.3 is 10.4 Å². The molecule has 1 rings (SSSR count). The minimum Gasteiger partial charge on any atom is -0.367 e. The standard InChI is InChI=1S/C7H8.CH6N4O.H2O4S/c1-7-5-3-2-4-6-7;2-1(4-3)5-6;1-5(2,3)4/h2-6H,1H3;6H,3H2,(H3,2,4,5);(H2,1,2,3,4). The molecule has 0 heterocycles. The maximum atomic E-state index is 8.74. The van der Waals surface area contributed by atoms with Gasteiger partial charge in [-0.25, -0.2) is 5.48 Å². The molecule has 0 saturated heterocycles. The molecule has 8 N–H and O–H groups in total. The third-order valence-corrected chi connectivity index (χ3v) is 1.19. The number of hydroxylamine groups is 1. The predicted octanol–water partition coefficient (Wildman–Crippen LogP) is -0.504. The zero-order valence-corrected chi connectivity index (χ0v) is 10.4. The summed E-state index contributed by atoms with van der Waals surface area (Å²) in [6.07, 6.45) is 0. The van der Waals surface area contributed by atoms with Crippen molar-refractivity contribution in [3.05, 3.63) is 35.9 Å². The Labute approximate surface area is 105 Å². The first-order chi connectivity index (χ1) is 8.20. The topological polar surface area (TPSA) is 171 Å². The molecule has 0 atom stereocenters. The van der Waals surface area contributed by atoms with Crippen LogP contribution in [0, 0.1) is 6.92 Å². The summed E-state index contributed by atoms with van der Waals surface area (Å²) in [4.78, 5) is 0. The highest BCUT2D eigenvalue weighted by molar-refractivity contribution is 7.79. The third kappa shape index (κ3) is 23.7. The maximum Gasteiger partial charge on any atom is 0.394 e. The highest BCUT2D eigenvalue weighted by atomic mass is 32.3. The molecular formula is C8H16N4O5S. The predicted molar refractivity (Wildman–Crippen MR) is 66.1 cm³/mol. The van der Waals surface area contributed by atoms with Gasteiger partial charge in [-0.15, -0.1) is 5.10 Å². The van der Waals surface area contributed by atoms with E-state index in [1.54, 1.807) is 0 Å². The van der Waals surface area contributed by atoms with Gasteiger partial charge < -0.3 is 11.6 Å². The Kier molecular flexibility index (Phi) is 10.6. The van der Waals surface area contributed by atoms with Crippen LogP contribution in [0.1, 0.15) is 5.56 Å². The third-order valence-electron chi connectivity index (χ3n) is 1.19. The van der Waals surface area contributed by atoms with Gasteiger partial charge in [0, 0.05) is 0 Å². The summed E-state index contributed by atoms with van der Waals surface area (Å²) in [5.74, 6) is 4.32. The Balaban J connectivity index is 0. The van der Waals surface area contributed by atoms with Crippen LogP contribution in [-0.4, -0.2) is 28.7 Å². The van der Waals surface area contributed by atoms with E-state index in [-0.39, 0.29) is 5.96 Å². The molecule has 0 amide bonds. The van der Waals surface area contributed by atoms with Gasteiger partial charge in [0.25, 0.3) is 0 Å². The SMILES string of the molecule is Cc1ccccc1.NN=C(N)NO.O=S(=O)(O)O. The van der Waals surface area contributed by atoms with Crippen LogP contribution < -0.4 is 17.1 Å². The number of hydrazone groups is 1. The van der Waals surface area contributed by atoms with Crippen LogP contribution >= 0.6 is 0 Å². The summed E-state index contributed by atoms with van der Waals surface area (Å²) in [5.41, 5.74) is 7.58. The summed E-state index contributed by atoms with van der Waals surface area (Å²) in [7, 11) is -4.67. The number of hydrogen-bond donors (Lipinski definition) is 6. The molecule has 0 aromatic heterocycles. The number of nitrogens with one attached hydrogen (secondary N) is 1. The van der Waals surface area contributed by atoms with E-state index in [1.807, 2.05) is 18.2 Å². The fourth-order valence-corrected chi connectivity index (χ4v) is 0.563. The van der Waals surface area contributed by atoms with Crippen molar-refractivity contribution in [3.8, 4) is 0 Å². The molecule has 0 saturated carbocycles. The summed E-state index contributed by atoms with van der Waals surface area (Å²) >= 11 is 0. The van der Waals surface area contributed by atoms with E-state index < -0.39 is 10.4 Å². The Bertz CT molecular complexity index is 426. The van der Waals surface area contributed by atoms with Crippen LogP contribution in [0.4, 0.5) is 0 Å². The van der Waals surface area contributed by atoms with Gasteiger partial charge in [-0.1, -0.05) is 35.9 Å². The van der Waals surface area contributed by atoms with Gasteiger partial charge in [-0.3, -0.25) is 14.3 Å². The van der Waals surface area contributed by atoms with Crippen molar-refractivity contribution in [2.24, 2.45) is 16.7 Å². The van der Waals surface area contributed by atoms with Crippen LogP contribution in [0.25, 0.3) is 0 Å². The first kappa shape index (κ1) is 18.5. The molecule has 0 aliphatic heterocycles. The van der Waals surface area contributed by atoms with Gasteiger partial charge in [0.05, 0.1) is 0 Å². The fraction of sp³-hybridized carbons (Fsp3) is 0.125. The minimum atomic E-state index is -4.67. The molecule has 0 fully saturated rings. The summed E-state index contributed by atoms with van der Waals surface area (Å²) in [5, 5.41) is 10.6. The van der Waals surface area contributed by atoms with Crippen molar-refractivity contribution >= 4 is 16.4 Å². The molecule has 0 radical (unpaired) electrons. The van der Waals surface area contributed by atoms with E-state index in [2.05, 4.69) is 30.0 Å². The Morgan fingerprint density at radius 3 is 1.78 bits per heavy atom. The van der Waals surface area contributed by atoms with Crippen molar-refractivity contribution in [1.29, 1.82) is 0 Å². The number of aryl methyl sites for hydroxylation is 1. The molecule has 1 aromatic carbocycles. The van der Waals surface area contributed by atoms with Crippen molar-refractivity contribution in [2.75, 3.05) is 0 Å². The number of nitrogens with two attached hydrogens (primary N) is 2. The number of nitrogens with zero attached hydrogens (tertiary/aromatic N) is 1. The van der Waals surface area contributed by atoms with Crippen LogP contribution in [0.3, 0.4) is 0 Å². The van der Waals surface area contributed by atoms with Gasteiger partial charge in [0.15, 0.2) is 0 Å². The van der Waals surface area contributed by atoms with Crippen LogP contribution in [0.15, 0.2) is 35.4 Å². The zero-order chi connectivity index (χ0) is 14.6. The number of guanidine groups is 1. The molecule has 104 valence electrons. The normalized spacial score (nSPS) is 10.3. The van der Waals surface area contributed by atoms with E-state index in [0.29, 0.717) is 0 Å². The highest BCUT2D eigenvalue weighted by Gasteiger charge is 1.84. The van der Waals surface area contributed by atoms with E-state index in [1.165, 1.54) is 11.0 Å². The zero-order valence-electron chi connectivity index (χ0n) is 9.56. The van der Waals surface area contributed by atoms with Crippen LogP contribution in [-0.2, 0) is 10.4 Å². The van der Waals surface area contributed by atoms with E-state index in [4.69, 9.17) is 28.5 Å². The Morgan fingerprint density at radius 1 is 1.28 bits per heavy atom. The summed E-state index contributed by atoms with van der Waals surface area (Å²) in [6.45, 7) is 2.08. The van der Waals surface area contributed by atoms with Crippen molar-refractivity contribution in [3.63, 3.8) is 0 Å². The average molecular weight is 280 g/mol. The molecule has 0 bridgehead atoms. The molecule has 0 unspecified atom stereocenters. The van der Waals surface area contributed by atoms with Gasteiger partial charge in [0.1, 0.15) is 0 Å². The van der Waals surface area contributed by atoms with Crippen LogP contribution in [0.5, 0.6) is 0 Å². The molecule has 0 aliphatic carbocycles. The van der Waals surface area contributed by atoms with Crippen molar-refractivity contribution < 1.29 is 22.7 Å². The minimum absolute atomic E-state index is 0.199. The first-order valence-electron chi connectivity index (χ1n) is 4.35. The molecule has 0 aliphatic rings. The molecule has 9 nitrogen and oxygen atoms in total. The highest BCUT2D eigenvalue weighted by Crippen LogP contribution is 1.92. The smallest absolute Gasteiger partial charge is 0.367 e. The largest absolute Gasteiger partial charge is 0.394 e. The second-order valence-corrected chi connectivity index (χ2v) is 3.62. The summed E-state index contributed by atoms with van der Waals surface area (Å²) in [6, 6.07) is 10.3. The average Bonchev–Trinajstić information content (AvgIpc) is 2.27. The van der Waals surface area contributed by atoms with Gasteiger partial charge in [-0.05, 0) is 6.92 Å². The van der Waals surface area contributed by atoms with Crippen molar-refractivity contribution in [1.82, 2.24) is 5.48 Å². The fourth-order valence-electron chi connectivity index (χ4n) is 0.563. The van der Waals surface area contributed by atoms with E-state index in [9.17, 15) is 0 Å². The number of rotatable bonds is 0. The molecule has 18 heavy (non-hydrogen) atoms. The number of hydrogen-bond acceptors (Lipinski definition) is 5. The lowest BCUT2D eigenvalue weighted by Gasteiger charge is -1.88. The Hall–Kier alpha value is -1.88. The van der Waals surface area contributed by atoms with Crippen molar-refractivity contribution in [2.45, 2.75) is 6.92 Å². The molecular weight excluding hydrogens is 264 g/mol. The summed E-state index contributed by atoms with van der Waals surface area (Å²) < 4.78 is 31.6. The number of benzene rings is 1. The monoisotopic (exact) mass is 280 g/mol. The quantitative estimate of drug-likeness (QED) is 0.121. The Morgan fingerprint density at radius 2 is 1.67 bits per heavy atom. The lowest BCUT2D eigenvalue weighted by atomic mass is 10.2. The molecule has 10 heteroatoms. The van der Waals surface area contributed by atoms with E-state index >= 15 is 0 Å². The van der Waals surface area contributed by atoms with Gasteiger partial charge in [-0.2, -0.15) is 8.42 Å².